The monoisotopic (exact) mass is 440 g/mol. The van der Waals surface area contributed by atoms with Crippen LogP contribution in [0.15, 0.2) is 109 Å². The first-order valence-electron chi connectivity index (χ1n) is 9.97. The van der Waals surface area contributed by atoms with E-state index in [0.29, 0.717) is 10.0 Å². The summed E-state index contributed by atoms with van der Waals surface area (Å²) in [4.78, 5) is 5.13. The lowest BCUT2D eigenvalue weighted by molar-refractivity contribution is 1.07. The van der Waals surface area contributed by atoms with Gasteiger partial charge in [-0.2, -0.15) is 0 Å². The minimum atomic E-state index is 0.564. The first kappa shape index (κ1) is 19.6. The standard InChI is InChI=1S/C27H18Cl2N2/c28-21-16-17-23(24(29)18-21)27-30-25(19-10-4-1-5-11-19)26(20-12-6-2-7-13-20)31(27)22-14-8-3-9-15-22/h1-18H. The molecule has 4 heteroatoms. The maximum absolute atomic E-state index is 6.64. The van der Waals surface area contributed by atoms with Crippen LogP contribution < -0.4 is 0 Å². The van der Waals surface area contributed by atoms with Crippen molar-refractivity contribution in [1.82, 2.24) is 9.55 Å². The summed E-state index contributed by atoms with van der Waals surface area (Å²) in [7, 11) is 0. The lowest BCUT2D eigenvalue weighted by Crippen LogP contribution is -2.00. The molecule has 0 spiro atoms. The fourth-order valence-electron chi connectivity index (χ4n) is 3.76. The number of nitrogens with zero attached hydrogens (tertiary/aromatic N) is 2. The molecule has 0 atom stereocenters. The van der Waals surface area contributed by atoms with Gasteiger partial charge < -0.3 is 0 Å². The number of imidazole rings is 1. The Hall–Kier alpha value is -3.33. The second-order valence-corrected chi connectivity index (χ2v) is 8.00. The lowest BCUT2D eigenvalue weighted by atomic mass is 10.0. The third-order valence-electron chi connectivity index (χ3n) is 5.16. The van der Waals surface area contributed by atoms with Crippen molar-refractivity contribution in [3.05, 3.63) is 119 Å². The van der Waals surface area contributed by atoms with E-state index in [1.807, 2.05) is 66.7 Å². The predicted octanol–water partition coefficient (Wildman–Crippen LogP) is 8.18. The highest BCUT2D eigenvalue weighted by molar-refractivity contribution is 6.36. The van der Waals surface area contributed by atoms with Gasteiger partial charge in [-0.15, -0.1) is 0 Å². The molecular weight excluding hydrogens is 423 g/mol. The number of para-hydroxylation sites is 1. The Balaban J connectivity index is 1.90. The molecule has 5 rings (SSSR count). The Kier molecular flexibility index (Phi) is 5.33. The van der Waals surface area contributed by atoms with Crippen LogP contribution in [0.25, 0.3) is 39.6 Å². The summed E-state index contributed by atoms with van der Waals surface area (Å²) >= 11 is 12.8. The van der Waals surface area contributed by atoms with Gasteiger partial charge in [-0.25, -0.2) is 4.98 Å². The molecule has 0 bridgehead atoms. The summed E-state index contributed by atoms with van der Waals surface area (Å²) in [5.41, 5.74) is 5.87. The molecular formula is C27H18Cl2N2. The van der Waals surface area contributed by atoms with Crippen molar-refractivity contribution in [3.63, 3.8) is 0 Å². The number of hydrogen-bond donors (Lipinski definition) is 0. The normalized spacial score (nSPS) is 10.9. The number of halogens is 2. The van der Waals surface area contributed by atoms with Crippen molar-refractivity contribution in [2.45, 2.75) is 0 Å². The lowest BCUT2D eigenvalue weighted by Gasteiger charge is -2.14. The largest absolute Gasteiger partial charge is 0.292 e. The molecule has 0 saturated carbocycles. The van der Waals surface area contributed by atoms with Gasteiger partial charge in [0.2, 0.25) is 0 Å². The number of rotatable bonds is 4. The van der Waals surface area contributed by atoms with Gasteiger partial charge in [0.05, 0.1) is 16.4 Å². The predicted molar refractivity (Wildman–Crippen MR) is 130 cm³/mol. The van der Waals surface area contributed by atoms with Crippen LogP contribution in [-0.2, 0) is 0 Å². The van der Waals surface area contributed by atoms with Gasteiger partial charge in [-0.3, -0.25) is 4.57 Å². The Bertz CT molecular complexity index is 1330. The van der Waals surface area contributed by atoms with E-state index in [0.717, 1.165) is 39.6 Å². The molecule has 0 aliphatic carbocycles. The SMILES string of the molecule is Clc1ccc(-c2nc(-c3ccccc3)c(-c3ccccc3)n2-c2ccccc2)c(Cl)c1. The van der Waals surface area contributed by atoms with Crippen molar-refractivity contribution in [1.29, 1.82) is 0 Å². The third-order valence-corrected chi connectivity index (χ3v) is 5.71. The summed E-state index contributed by atoms with van der Waals surface area (Å²) < 4.78 is 2.17. The first-order chi connectivity index (χ1) is 15.2. The molecule has 1 aromatic heterocycles. The van der Waals surface area contributed by atoms with Crippen LogP contribution in [0.5, 0.6) is 0 Å². The average molecular weight is 441 g/mol. The molecule has 150 valence electrons. The maximum Gasteiger partial charge on any atom is 0.147 e. The molecule has 5 aromatic rings. The molecule has 0 aliphatic heterocycles. The molecule has 0 fully saturated rings. The summed E-state index contributed by atoms with van der Waals surface area (Å²) in [5.74, 6) is 0.769. The van der Waals surface area contributed by atoms with E-state index in [-0.39, 0.29) is 0 Å². The fraction of sp³-hybridized carbons (Fsp3) is 0. The molecule has 0 amide bonds. The molecule has 31 heavy (non-hydrogen) atoms. The number of benzene rings is 4. The topological polar surface area (TPSA) is 17.8 Å². The summed E-state index contributed by atoms with van der Waals surface area (Å²) in [5, 5.41) is 1.16. The summed E-state index contributed by atoms with van der Waals surface area (Å²) in [6.45, 7) is 0. The van der Waals surface area contributed by atoms with Gasteiger partial charge in [0, 0.05) is 27.4 Å². The first-order valence-corrected chi connectivity index (χ1v) is 10.7. The van der Waals surface area contributed by atoms with E-state index in [2.05, 4.69) is 41.0 Å². The maximum atomic E-state index is 6.64. The minimum Gasteiger partial charge on any atom is -0.292 e. The van der Waals surface area contributed by atoms with Crippen LogP contribution >= 0.6 is 23.2 Å². The van der Waals surface area contributed by atoms with Crippen LogP contribution in [0.2, 0.25) is 10.0 Å². The van der Waals surface area contributed by atoms with Crippen molar-refractivity contribution in [2.24, 2.45) is 0 Å². The Morgan fingerprint density at radius 1 is 0.613 bits per heavy atom. The van der Waals surface area contributed by atoms with E-state index in [1.54, 1.807) is 6.07 Å². The second-order valence-electron chi connectivity index (χ2n) is 7.16. The van der Waals surface area contributed by atoms with Crippen LogP contribution in [-0.4, -0.2) is 9.55 Å². The van der Waals surface area contributed by atoms with E-state index >= 15 is 0 Å². The van der Waals surface area contributed by atoms with Crippen LogP contribution in [0, 0.1) is 0 Å². The average Bonchev–Trinajstić information content (AvgIpc) is 3.21. The molecule has 4 aromatic carbocycles. The van der Waals surface area contributed by atoms with E-state index in [4.69, 9.17) is 28.2 Å². The van der Waals surface area contributed by atoms with Gasteiger partial charge in [-0.05, 0) is 30.3 Å². The van der Waals surface area contributed by atoms with Gasteiger partial charge in [-0.1, -0.05) is 102 Å². The zero-order valence-electron chi connectivity index (χ0n) is 16.5. The number of hydrogen-bond acceptors (Lipinski definition) is 1. The number of aromatic nitrogens is 2. The molecule has 0 unspecified atom stereocenters. The minimum absolute atomic E-state index is 0.564. The molecule has 0 N–H and O–H groups in total. The zero-order chi connectivity index (χ0) is 21.2. The Morgan fingerprint density at radius 3 is 1.81 bits per heavy atom. The summed E-state index contributed by atoms with van der Waals surface area (Å²) in [6, 6.07) is 36.3. The second kappa shape index (κ2) is 8.43. The van der Waals surface area contributed by atoms with Gasteiger partial charge in [0.25, 0.3) is 0 Å². The van der Waals surface area contributed by atoms with Crippen LogP contribution in [0.3, 0.4) is 0 Å². The van der Waals surface area contributed by atoms with Crippen LogP contribution in [0.4, 0.5) is 0 Å². The quantitative estimate of drug-likeness (QED) is 0.275. The van der Waals surface area contributed by atoms with E-state index < -0.39 is 0 Å². The van der Waals surface area contributed by atoms with Crippen molar-refractivity contribution in [2.75, 3.05) is 0 Å². The van der Waals surface area contributed by atoms with Crippen LogP contribution in [0.1, 0.15) is 0 Å². The molecule has 0 saturated heterocycles. The highest BCUT2D eigenvalue weighted by Gasteiger charge is 2.23. The highest BCUT2D eigenvalue weighted by Crippen LogP contribution is 2.40. The molecule has 1 heterocycles. The highest BCUT2D eigenvalue weighted by atomic mass is 35.5. The van der Waals surface area contributed by atoms with Crippen molar-refractivity contribution in [3.8, 4) is 39.6 Å². The Morgan fingerprint density at radius 2 is 1.19 bits per heavy atom. The van der Waals surface area contributed by atoms with Crippen molar-refractivity contribution < 1.29 is 0 Å². The Labute approximate surface area is 191 Å². The summed E-state index contributed by atoms with van der Waals surface area (Å²) in [6.07, 6.45) is 0. The third kappa shape index (κ3) is 3.76. The molecule has 2 nitrogen and oxygen atoms in total. The smallest absolute Gasteiger partial charge is 0.147 e. The van der Waals surface area contributed by atoms with Crippen molar-refractivity contribution >= 4 is 23.2 Å². The van der Waals surface area contributed by atoms with Gasteiger partial charge in [0.1, 0.15) is 5.82 Å². The molecule has 0 aliphatic rings. The van der Waals surface area contributed by atoms with E-state index in [1.165, 1.54) is 0 Å². The van der Waals surface area contributed by atoms with E-state index in [9.17, 15) is 0 Å². The zero-order valence-corrected chi connectivity index (χ0v) is 18.1. The van der Waals surface area contributed by atoms with Gasteiger partial charge >= 0.3 is 0 Å². The van der Waals surface area contributed by atoms with Gasteiger partial charge in [0.15, 0.2) is 0 Å². The molecule has 0 radical (unpaired) electrons. The fourth-order valence-corrected chi connectivity index (χ4v) is 4.25.